The molecule has 2 aromatic rings. The highest BCUT2D eigenvalue weighted by Gasteiger charge is 2.38. The van der Waals surface area contributed by atoms with Crippen molar-refractivity contribution >= 4 is 34.6 Å². The van der Waals surface area contributed by atoms with Gasteiger partial charge in [0, 0.05) is 45.8 Å². The summed E-state index contributed by atoms with van der Waals surface area (Å²) in [6.45, 7) is 0. The van der Waals surface area contributed by atoms with Crippen LogP contribution in [-0.2, 0) is 9.59 Å². The van der Waals surface area contributed by atoms with Gasteiger partial charge in [-0.15, -0.1) is 11.3 Å². The summed E-state index contributed by atoms with van der Waals surface area (Å²) >= 11 is 7.77. The van der Waals surface area contributed by atoms with E-state index in [1.165, 1.54) is 4.88 Å². The van der Waals surface area contributed by atoms with E-state index in [0.29, 0.717) is 24.3 Å². The fraction of sp³-hybridized carbons (Fsp3) is 0.263. The summed E-state index contributed by atoms with van der Waals surface area (Å²) < 4.78 is 0. The fourth-order valence-electron chi connectivity index (χ4n) is 3.69. The Morgan fingerprint density at radius 3 is 2.71 bits per heavy atom. The zero-order valence-electron chi connectivity index (χ0n) is 12.9. The van der Waals surface area contributed by atoms with Crippen LogP contribution in [0.3, 0.4) is 0 Å². The van der Waals surface area contributed by atoms with Crippen LogP contribution in [0.2, 0.25) is 5.02 Å². The summed E-state index contributed by atoms with van der Waals surface area (Å²) in [5.41, 5.74) is 2.50. The number of carbonyl (C=O) groups excluding carboxylic acids is 2. The Bertz CT molecular complexity index is 841. The first-order chi connectivity index (χ1) is 11.6. The van der Waals surface area contributed by atoms with Crippen molar-refractivity contribution in [3.05, 3.63) is 68.5 Å². The van der Waals surface area contributed by atoms with E-state index in [2.05, 4.69) is 11.4 Å². The minimum absolute atomic E-state index is 0.0293. The van der Waals surface area contributed by atoms with Gasteiger partial charge in [0.15, 0.2) is 5.78 Å². The molecule has 1 aromatic heterocycles. The van der Waals surface area contributed by atoms with Crippen LogP contribution in [0.25, 0.3) is 0 Å². The fourth-order valence-corrected chi connectivity index (χ4v) is 4.72. The van der Waals surface area contributed by atoms with E-state index in [-0.39, 0.29) is 23.5 Å². The van der Waals surface area contributed by atoms with Gasteiger partial charge in [0.1, 0.15) is 0 Å². The van der Waals surface area contributed by atoms with Crippen LogP contribution in [0, 0.1) is 0 Å². The number of rotatable bonds is 2. The third-order valence-electron chi connectivity index (χ3n) is 4.73. The van der Waals surface area contributed by atoms with E-state index in [1.54, 1.807) is 17.4 Å². The maximum Gasteiger partial charge on any atom is 0.225 e. The molecule has 0 unspecified atom stereocenters. The lowest BCUT2D eigenvalue weighted by Gasteiger charge is -2.34. The van der Waals surface area contributed by atoms with Gasteiger partial charge in [-0.05, 0) is 35.6 Å². The molecule has 2 aliphatic rings. The van der Waals surface area contributed by atoms with E-state index in [9.17, 15) is 9.59 Å². The summed E-state index contributed by atoms with van der Waals surface area (Å²) in [7, 11) is 0. The molecule has 2 heterocycles. The minimum atomic E-state index is -0.191. The Morgan fingerprint density at radius 2 is 1.96 bits per heavy atom. The summed E-state index contributed by atoms with van der Waals surface area (Å²) in [5, 5.41) is 5.60. The van der Waals surface area contributed by atoms with Gasteiger partial charge < -0.3 is 5.32 Å². The van der Waals surface area contributed by atoms with Crippen molar-refractivity contribution in [1.29, 1.82) is 0 Å². The van der Waals surface area contributed by atoms with Crippen molar-refractivity contribution in [3.63, 3.8) is 0 Å². The first kappa shape index (κ1) is 15.6. The highest BCUT2D eigenvalue weighted by atomic mass is 35.5. The number of allylic oxidation sites excluding steroid dienone is 2. The molecule has 0 saturated carbocycles. The molecule has 1 N–H and O–H groups in total. The Hall–Kier alpha value is -1.91. The number of thiophene rings is 1. The monoisotopic (exact) mass is 357 g/mol. The average Bonchev–Trinajstić information content (AvgIpc) is 3.08. The zero-order chi connectivity index (χ0) is 16.7. The molecule has 0 bridgehead atoms. The van der Waals surface area contributed by atoms with Gasteiger partial charge in [0.05, 0.1) is 0 Å². The number of hydrogen-bond donors (Lipinski definition) is 1. The number of amides is 1. The molecule has 1 aliphatic heterocycles. The summed E-state index contributed by atoms with van der Waals surface area (Å²) in [5.74, 6) is 0.0804. The molecule has 24 heavy (non-hydrogen) atoms. The van der Waals surface area contributed by atoms with E-state index < -0.39 is 0 Å². The van der Waals surface area contributed by atoms with Gasteiger partial charge in [0.25, 0.3) is 0 Å². The maximum atomic E-state index is 12.9. The van der Waals surface area contributed by atoms with Gasteiger partial charge in [-0.2, -0.15) is 0 Å². The first-order valence-electron chi connectivity index (χ1n) is 7.97. The van der Waals surface area contributed by atoms with Crippen molar-refractivity contribution in [1.82, 2.24) is 5.32 Å². The van der Waals surface area contributed by atoms with Gasteiger partial charge in [0.2, 0.25) is 5.91 Å². The lowest BCUT2D eigenvalue weighted by Crippen LogP contribution is -2.38. The van der Waals surface area contributed by atoms with Crippen LogP contribution in [0.1, 0.15) is 41.5 Å². The van der Waals surface area contributed by atoms with Crippen molar-refractivity contribution in [3.8, 4) is 0 Å². The second-order valence-electron chi connectivity index (χ2n) is 6.30. The summed E-state index contributed by atoms with van der Waals surface area (Å²) in [6, 6.07) is 11.5. The maximum absolute atomic E-state index is 12.9. The average molecular weight is 358 g/mol. The lowest BCUT2D eigenvalue weighted by molar-refractivity contribution is -0.122. The predicted molar refractivity (Wildman–Crippen MR) is 95.3 cm³/mol. The van der Waals surface area contributed by atoms with Crippen molar-refractivity contribution in [2.45, 2.75) is 31.1 Å². The highest BCUT2D eigenvalue weighted by Crippen LogP contribution is 2.43. The Labute approximate surface area is 149 Å². The summed E-state index contributed by atoms with van der Waals surface area (Å²) in [4.78, 5) is 26.3. The molecule has 1 amide bonds. The molecule has 1 aliphatic carbocycles. The Balaban J connectivity index is 1.74. The molecule has 122 valence electrons. The third-order valence-corrected chi connectivity index (χ3v) is 6.00. The lowest BCUT2D eigenvalue weighted by atomic mass is 9.75. The molecule has 5 heteroatoms. The highest BCUT2D eigenvalue weighted by molar-refractivity contribution is 7.10. The smallest absolute Gasteiger partial charge is 0.225 e. The number of carbonyl (C=O) groups is 2. The number of hydrogen-bond acceptors (Lipinski definition) is 3. The molecule has 0 saturated heterocycles. The number of nitrogens with one attached hydrogen (secondary N) is 1. The molecular weight excluding hydrogens is 342 g/mol. The SMILES string of the molecule is O=C1C[C@@H](c2cccc(Cl)c2)C2=C(C[C@@H](c3cccs3)CC2=O)N1. The van der Waals surface area contributed by atoms with Crippen LogP contribution in [-0.4, -0.2) is 11.7 Å². The van der Waals surface area contributed by atoms with Crippen molar-refractivity contribution < 1.29 is 9.59 Å². The second-order valence-corrected chi connectivity index (χ2v) is 7.71. The normalized spacial score (nSPS) is 23.9. The molecule has 3 nitrogen and oxygen atoms in total. The van der Waals surface area contributed by atoms with E-state index in [1.807, 2.05) is 29.6 Å². The number of halogens is 1. The molecule has 0 radical (unpaired) electrons. The summed E-state index contributed by atoms with van der Waals surface area (Å²) in [6.07, 6.45) is 1.52. The number of ketones is 1. The van der Waals surface area contributed by atoms with Crippen LogP contribution < -0.4 is 5.32 Å². The molecule has 0 fully saturated rings. The van der Waals surface area contributed by atoms with Gasteiger partial charge in [-0.1, -0.05) is 29.8 Å². The predicted octanol–water partition coefficient (Wildman–Crippen LogP) is 4.41. The molecule has 0 spiro atoms. The molecule has 1 aromatic carbocycles. The Kier molecular flexibility index (Phi) is 4.02. The topological polar surface area (TPSA) is 46.2 Å². The zero-order valence-corrected chi connectivity index (χ0v) is 14.5. The molecular formula is C19H16ClNO2S. The molecule has 2 atom stereocenters. The van der Waals surface area contributed by atoms with E-state index in [0.717, 1.165) is 16.8 Å². The second kappa shape index (κ2) is 6.19. The van der Waals surface area contributed by atoms with Gasteiger partial charge in [-0.3, -0.25) is 9.59 Å². The van der Waals surface area contributed by atoms with Crippen LogP contribution >= 0.6 is 22.9 Å². The van der Waals surface area contributed by atoms with Crippen LogP contribution in [0.4, 0.5) is 0 Å². The van der Waals surface area contributed by atoms with Gasteiger partial charge >= 0.3 is 0 Å². The Morgan fingerprint density at radius 1 is 1.08 bits per heavy atom. The third kappa shape index (κ3) is 2.80. The van der Waals surface area contributed by atoms with E-state index in [4.69, 9.17) is 11.6 Å². The van der Waals surface area contributed by atoms with Crippen molar-refractivity contribution in [2.75, 3.05) is 0 Å². The molecule has 4 rings (SSSR count). The van der Waals surface area contributed by atoms with E-state index >= 15 is 0 Å². The number of Topliss-reactive ketones (excluding diaryl/α,β-unsaturated/α-hetero) is 1. The van der Waals surface area contributed by atoms with Crippen molar-refractivity contribution in [2.24, 2.45) is 0 Å². The van der Waals surface area contributed by atoms with Gasteiger partial charge in [-0.25, -0.2) is 0 Å². The first-order valence-corrected chi connectivity index (χ1v) is 9.22. The van der Waals surface area contributed by atoms with Crippen LogP contribution in [0.15, 0.2) is 53.0 Å². The quantitative estimate of drug-likeness (QED) is 0.865. The minimum Gasteiger partial charge on any atom is -0.329 e. The number of benzene rings is 1. The standard InChI is InChI=1S/C19H16ClNO2S/c20-13-4-1-3-11(7-13)14-10-18(23)21-15-8-12(9-16(22)19(14)15)17-5-2-6-24-17/h1-7,12,14H,8-10H2,(H,21,23)/t12-,14+/m1/s1. The van der Waals surface area contributed by atoms with Crippen LogP contribution in [0.5, 0.6) is 0 Å². The largest absolute Gasteiger partial charge is 0.329 e.